The van der Waals surface area contributed by atoms with Crippen LogP contribution >= 0.6 is 0 Å². The van der Waals surface area contributed by atoms with Crippen molar-refractivity contribution in [1.29, 1.82) is 0 Å². The number of nitro groups is 1. The minimum atomic E-state index is -0.507. The molecule has 3 aromatic rings. The summed E-state index contributed by atoms with van der Waals surface area (Å²) in [5.41, 5.74) is 2.82. The third-order valence-corrected chi connectivity index (χ3v) is 4.11. The van der Waals surface area contributed by atoms with Crippen molar-refractivity contribution in [3.63, 3.8) is 0 Å². The van der Waals surface area contributed by atoms with Gasteiger partial charge in [-0.2, -0.15) is 0 Å². The van der Waals surface area contributed by atoms with Gasteiger partial charge in [-0.1, -0.05) is 0 Å². The number of methoxy groups -OCH3 is 1. The Hall–Kier alpha value is -3.22. The van der Waals surface area contributed by atoms with Gasteiger partial charge in [0, 0.05) is 18.6 Å². The van der Waals surface area contributed by atoms with E-state index in [0.29, 0.717) is 28.6 Å². The quantitative estimate of drug-likeness (QED) is 0.453. The average Bonchev–Trinajstić information content (AvgIpc) is 2.92. The van der Waals surface area contributed by atoms with E-state index in [-0.39, 0.29) is 11.2 Å². The molecule has 0 bridgehead atoms. The monoisotopic (exact) mass is 309 g/mol. The van der Waals surface area contributed by atoms with Gasteiger partial charge in [0.2, 0.25) is 0 Å². The van der Waals surface area contributed by atoms with Crippen molar-refractivity contribution in [1.82, 2.24) is 9.97 Å². The minimum absolute atomic E-state index is 0.0988. The number of nitro benzene ring substituents is 1. The summed E-state index contributed by atoms with van der Waals surface area (Å²) in [6.45, 7) is 0. The van der Waals surface area contributed by atoms with Crippen molar-refractivity contribution in [3.05, 3.63) is 62.1 Å². The number of nitrogens with one attached hydrogen (secondary N) is 1. The molecule has 1 aromatic carbocycles. The number of nitrogens with zero attached hydrogens (tertiary/aromatic N) is 2. The van der Waals surface area contributed by atoms with Crippen LogP contribution in [0.1, 0.15) is 11.1 Å². The summed E-state index contributed by atoms with van der Waals surface area (Å²) in [7, 11) is 1.57. The van der Waals surface area contributed by atoms with Crippen LogP contribution in [-0.2, 0) is 6.42 Å². The van der Waals surface area contributed by atoms with Crippen LogP contribution in [0.15, 0.2) is 35.3 Å². The Bertz CT molecular complexity index is 1040. The third-order valence-electron chi connectivity index (χ3n) is 4.11. The highest BCUT2D eigenvalue weighted by Crippen LogP contribution is 2.38. The maximum atomic E-state index is 12.3. The summed E-state index contributed by atoms with van der Waals surface area (Å²) in [5, 5.41) is 11.9. The van der Waals surface area contributed by atoms with Crippen molar-refractivity contribution in [2.24, 2.45) is 0 Å². The first-order valence-electron chi connectivity index (χ1n) is 6.95. The van der Waals surface area contributed by atoms with Crippen molar-refractivity contribution in [2.45, 2.75) is 6.42 Å². The van der Waals surface area contributed by atoms with Gasteiger partial charge in [0.25, 0.3) is 11.2 Å². The van der Waals surface area contributed by atoms with Gasteiger partial charge in [0.15, 0.2) is 0 Å². The van der Waals surface area contributed by atoms with Crippen LogP contribution in [0, 0.1) is 10.1 Å². The summed E-state index contributed by atoms with van der Waals surface area (Å²) < 4.78 is 5.18. The molecule has 114 valence electrons. The highest BCUT2D eigenvalue weighted by Gasteiger charge is 2.25. The van der Waals surface area contributed by atoms with Gasteiger partial charge in [0.1, 0.15) is 5.75 Å². The van der Waals surface area contributed by atoms with Crippen molar-refractivity contribution >= 4 is 16.5 Å². The van der Waals surface area contributed by atoms with Crippen molar-refractivity contribution in [2.75, 3.05) is 7.11 Å². The van der Waals surface area contributed by atoms with E-state index in [9.17, 15) is 14.9 Å². The molecule has 7 heteroatoms. The van der Waals surface area contributed by atoms with Gasteiger partial charge in [0.05, 0.1) is 35.0 Å². The number of rotatable bonds is 2. The van der Waals surface area contributed by atoms with Crippen LogP contribution in [0.4, 0.5) is 5.69 Å². The predicted octanol–water partition coefficient (Wildman–Crippen LogP) is 2.41. The van der Waals surface area contributed by atoms with Crippen LogP contribution in [0.3, 0.4) is 0 Å². The molecular weight excluding hydrogens is 298 g/mol. The second-order valence-corrected chi connectivity index (χ2v) is 5.35. The molecule has 0 saturated heterocycles. The molecule has 0 radical (unpaired) electrons. The number of aromatic amines is 1. The molecule has 0 unspecified atom stereocenters. The molecule has 1 aliphatic rings. The Morgan fingerprint density at radius 1 is 1.30 bits per heavy atom. The molecule has 4 rings (SSSR count). The standard InChI is InChI=1S/C16H11N3O4/c1-23-10-4-8-5-12-11-3-2-9(19(21)22)6-13(11)16(20)18-15(12)14(8)17-7-10/h2-4,6-7H,5H2,1H3,(H,18,20). The summed E-state index contributed by atoms with van der Waals surface area (Å²) in [5.74, 6) is 0.652. The largest absolute Gasteiger partial charge is 0.495 e. The minimum Gasteiger partial charge on any atom is -0.495 e. The Balaban J connectivity index is 1.99. The number of fused-ring (bicyclic) bond motifs is 5. The first kappa shape index (κ1) is 13.4. The lowest BCUT2D eigenvalue weighted by molar-refractivity contribution is -0.384. The predicted molar refractivity (Wildman–Crippen MR) is 83.8 cm³/mol. The van der Waals surface area contributed by atoms with E-state index >= 15 is 0 Å². The van der Waals surface area contributed by atoms with Crippen LogP contribution < -0.4 is 10.3 Å². The number of non-ortho nitro benzene ring substituents is 1. The van der Waals surface area contributed by atoms with Crippen LogP contribution in [-0.4, -0.2) is 22.0 Å². The van der Waals surface area contributed by atoms with E-state index in [1.807, 2.05) is 6.07 Å². The summed E-state index contributed by atoms with van der Waals surface area (Å²) >= 11 is 0. The molecule has 0 amide bonds. The number of ether oxygens (including phenoxy) is 1. The van der Waals surface area contributed by atoms with Crippen LogP contribution in [0.5, 0.6) is 5.75 Å². The molecule has 0 fully saturated rings. The molecule has 0 atom stereocenters. The topological polar surface area (TPSA) is 98.1 Å². The number of benzene rings is 1. The van der Waals surface area contributed by atoms with Gasteiger partial charge < -0.3 is 9.72 Å². The van der Waals surface area contributed by atoms with E-state index in [1.165, 1.54) is 12.1 Å². The number of aromatic nitrogens is 2. The Labute approximate surface area is 129 Å². The van der Waals surface area contributed by atoms with E-state index < -0.39 is 4.92 Å². The number of pyridine rings is 2. The zero-order valence-electron chi connectivity index (χ0n) is 12.1. The summed E-state index contributed by atoms with van der Waals surface area (Å²) in [4.78, 5) is 29.9. The second-order valence-electron chi connectivity index (χ2n) is 5.35. The third kappa shape index (κ3) is 1.90. The molecule has 23 heavy (non-hydrogen) atoms. The first-order chi connectivity index (χ1) is 11.1. The maximum absolute atomic E-state index is 12.3. The van der Waals surface area contributed by atoms with Crippen LogP contribution in [0.2, 0.25) is 0 Å². The van der Waals surface area contributed by atoms with Gasteiger partial charge in [-0.05, 0) is 28.6 Å². The molecular formula is C16H11N3O4. The molecule has 7 nitrogen and oxygen atoms in total. The SMILES string of the molecule is COc1cnc2c(c1)Cc1c-2[nH]c(=O)c2cc([N+](=O)[O-])ccc12. The van der Waals surface area contributed by atoms with Gasteiger partial charge in [-0.3, -0.25) is 19.9 Å². The Kier molecular flexibility index (Phi) is 2.71. The average molecular weight is 309 g/mol. The van der Waals surface area contributed by atoms with E-state index in [4.69, 9.17) is 4.74 Å². The zero-order valence-corrected chi connectivity index (χ0v) is 12.1. The smallest absolute Gasteiger partial charge is 0.270 e. The Morgan fingerprint density at radius 2 is 2.13 bits per heavy atom. The van der Waals surface area contributed by atoms with Gasteiger partial charge in [-0.15, -0.1) is 0 Å². The zero-order chi connectivity index (χ0) is 16.1. The lowest BCUT2D eigenvalue weighted by Crippen LogP contribution is -2.09. The summed E-state index contributed by atoms with van der Waals surface area (Å²) in [6.07, 6.45) is 2.20. The molecule has 0 aliphatic heterocycles. The number of hydrogen-bond acceptors (Lipinski definition) is 5. The number of H-pyrrole nitrogens is 1. The normalized spacial score (nSPS) is 12.0. The van der Waals surface area contributed by atoms with E-state index in [0.717, 1.165) is 16.8 Å². The highest BCUT2D eigenvalue weighted by molar-refractivity contribution is 5.93. The molecule has 1 N–H and O–H groups in total. The maximum Gasteiger partial charge on any atom is 0.270 e. The van der Waals surface area contributed by atoms with Gasteiger partial charge in [-0.25, -0.2) is 0 Å². The molecule has 1 aliphatic carbocycles. The summed E-state index contributed by atoms with van der Waals surface area (Å²) in [6, 6.07) is 6.24. The fourth-order valence-electron chi connectivity index (χ4n) is 3.02. The van der Waals surface area contributed by atoms with E-state index in [1.54, 1.807) is 19.4 Å². The second kappa shape index (κ2) is 4.64. The van der Waals surface area contributed by atoms with Crippen molar-refractivity contribution in [3.8, 4) is 17.1 Å². The lowest BCUT2D eigenvalue weighted by Gasteiger charge is -2.05. The number of hydrogen-bond donors (Lipinski definition) is 1. The molecule has 0 spiro atoms. The van der Waals surface area contributed by atoms with Crippen molar-refractivity contribution < 1.29 is 9.66 Å². The highest BCUT2D eigenvalue weighted by atomic mass is 16.6. The lowest BCUT2D eigenvalue weighted by atomic mass is 10.0. The van der Waals surface area contributed by atoms with Crippen LogP contribution in [0.25, 0.3) is 22.2 Å². The molecule has 2 aromatic heterocycles. The van der Waals surface area contributed by atoms with E-state index in [2.05, 4.69) is 9.97 Å². The fourth-order valence-corrected chi connectivity index (χ4v) is 3.02. The Morgan fingerprint density at radius 3 is 2.87 bits per heavy atom. The molecule has 0 saturated carbocycles. The molecule has 2 heterocycles. The first-order valence-corrected chi connectivity index (χ1v) is 6.95. The fraction of sp³-hybridized carbons (Fsp3) is 0.125. The van der Waals surface area contributed by atoms with Gasteiger partial charge >= 0.3 is 0 Å².